The lowest BCUT2D eigenvalue weighted by Crippen LogP contribution is -2.70. The number of carbonyl (C=O) groups excluding carboxylic acids is 3. The molecule has 0 aliphatic carbocycles. The van der Waals surface area contributed by atoms with Gasteiger partial charge in [-0.1, -0.05) is 17.7 Å². The molecule has 4 rings (SSSR count). The van der Waals surface area contributed by atoms with Gasteiger partial charge in [-0.15, -0.1) is 0 Å². The Labute approximate surface area is 181 Å². The molecule has 4 amide bonds. The van der Waals surface area contributed by atoms with Crippen LogP contribution in [0, 0.1) is 13.8 Å². The molecule has 162 valence electrons. The van der Waals surface area contributed by atoms with Crippen LogP contribution in [0.15, 0.2) is 42.7 Å². The number of hydrogen-bond acceptors (Lipinski definition) is 5. The molecule has 2 atom stereocenters. The Morgan fingerprint density at radius 1 is 1.19 bits per heavy atom. The normalized spacial score (nSPS) is 21.1. The fraction of sp³-hybridized carbons (Fsp3) is 0.391. The van der Waals surface area contributed by atoms with E-state index in [9.17, 15) is 14.4 Å². The second-order valence-electron chi connectivity index (χ2n) is 8.20. The molecule has 2 saturated heterocycles. The minimum Gasteiger partial charge on any atom is -0.324 e. The van der Waals surface area contributed by atoms with Crippen molar-refractivity contribution in [3.05, 3.63) is 59.4 Å². The van der Waals surface area contributed by atoms with Crippen molar-refractivity contribution in [1.82, 2.24) is 20.1 Å². The Hall–Kier alpha value is -3.26. The SMILES string of the molecule is Cc1ccc(NC(=O)CN2C(=O)N(Cc3ccncc3)C(=O)C3NCCCC32)c(C)c1. The molecule has 2 aromatic rings. The van der Waals surface area contributed by atoms with Gasteiger partial charge in [-0.25, -0.2) is 4.79 Å². The molecule has 2 fully saturated rings. The molecule has 0 bridgehead atoms. The third kappa shape index (κ3) is 4.44. The maximum atomic E-state index is 13.3. The summed E-state index contributed by atoms with van der Waals surface area (Å²) < 4.78 is 0. The van der Waals surface area contributed by atoms with E-state index in [0.29, 0.717) is 13.0 Å². The second kappa shape index (κ2) is 8.85. The Bertz CT molecular complexity index is 994. The van der Waals surface area contributed by atoms with Crippen molar-refractivity contribution in [3.8, 4) is 0 Å². The summed E-state index contributed by atoms with van der Waals surface area (Å²) in [4.78, 5) is 46.0. The molecule has 2 N–H and O–H groups in total. The van der Waals surface area contributed by atoms with Gasteiger partial charge in [0.2, 0.25) is 11.8 Å². The summed E-state index contributed by atoms with van der Waals surface area (Å²) in [5.74, 6) is -0.514. The number of urea groups is 1. The third-order valence-corrected chi connectivity index (χ3v) is 5.89. The first kappa shape index (κ1) is 21.0. The number of aryl methyl sites for hydroxylation is 2. The maximum Gasteiger partial charge on any atom is 0.327 e. The first-order chi connectivity index (χ1) is 14.9. The first-order valence-electron chi connectivity index (χ1n) is 10.6. The molecule has 0 spiro atoms. The molecule has 8 heteroatoms. The summed E-state index contributed by atoms with van der Waals surface area (Å²) in [6.07, 6.45) is 4.80. The predicted octanol–water partition coefficient (Wildman–Crippen LogP) is 2.22. The van der Waals surface area contributed by atoms with Crippen LogP contribution in [-0.4, -0.2) is 57.8 Å². The molecule has 31 heavy (non-hydrogen) atoms. The number of pyridine rings is 1. The number of amides is 4. The highest BCUT2D eigenvalue weighted by molar-refractivity contribution is 6.03. The van der Waals surface area contributed by atoms with Crippen molar-refractivity contribution < 1.29 is 14.4 Å². The molecular formula is C23H27N5O3. The van der Waals surface area contributed by atoms with E-state index in [-0.39, 0.29) is 30.9 Å². The number of hydrogen-bond donors (Lipinski definition) is 2. The summed E-state index contributed by atoms with van der Waals surface area (Å²) in [6.45, 7) is 4.70. The summed E-state index contributed by atoms with van der Waals surface area (Å²) in [5, 5.41) is 6.16. The van der Waals surface area contributed by atoms with Crippen LogP contribution in [0.1, 0.15) is 29.5 Å². The lowest BCUT2D eigenvalue weighted by atomic mass is 9.93. The monoisotopic (exact) mass is 421 g/mol. The predicted molar refractivity (Wildman–Crippen MR) is 116 cm³/mol. The summed E-state index contributed by atoms with van der Waals surface area (Å²) in [7, 11) is 0. The van der Waals surface area contributed by atoms with Crippen LogP contribution >= 0.6 is 0 Å². The van der Waals surface area contributed by atoms with E-state index in [4.69, 9.17) is 0 Å². The van der Waals surface area contributed by atoms with Crippen LogP contribution in [0.4, 0.5) is 10.5 Å². The van der Waals surface area contributed by atoms with Crippen molar-refractivity contribution in [1.29, 1.82) is 0 Å². The van der Waals surface area contributed by atoms with Gasteiger partial charge in [0, 0.05) is 18.1 Å². The first-order valence-corrected chi connectivity index (χ1v) is 10.6. The third-order valence-electron chi connectivity index (χ3n) is 5.89. The Morgan fingerprint density at radius 3 is 2.71 bits per heavy atom. The van der Waals surface area contributed by atoms with Gasteiger partial charge in [-0.3, -0.25) is 19.5 Å². The van der Waals surface area contributed by atoms with Crippen LogP contribution in [0.3, 0.4) is 0 Å². The number of nitrogens with zero attached hydrogens (tertiary/aromatic N) is 3. The van der Waals surface area contributed by atoms with Crippen molar-refractivity contribution in [3.63, 3.8) is 0 Å². The second-order valence-corrected chi connectivity index (χ2v) is 8.20. The van der Waals surface area contributed by atoms with Crippen molar-refractivity contribution in [2.75, 3.05) is 18.4 Å². The molecule has 0 radical (unpaired) electrons. The molecule has 2 aliphatic heterocycles. The number of imide groups is 1. The standard InChI is InChI=1S/C23H27N5O3/c1-15-5-6-18(16(2)12-15)26-20(29)14-27-19-4-3-9-25-21(19)22(30)28(23(27)31)13-17-7-10-24-11-8-17/h5-8,10-12,19,21,25H,3-4,9,13-14H2,1-2H3,(H,26,29). The smallest absolute Gasteiger partial charge is 0.324 e. The van der Waals surface area contributed by atoms with E-state index in [1.165, 1.54) is 9.80 Å². The highest BCUT2D eigenvalue weighted by Gasteiger charge is 2.47. The van der Waals surface area contributed by atoms with E-state index >= 15 is 0 Å². The highest BCUT2D eigenvalue weighted by atomic mass is 16.2. The largest absolute Gasteiger partial charge is 0.327 e. The minimum atomic E-state index is -0.498. The molecule has 2 unspecified atom stereocenters. The number of carbonyl (C=O) groups is 3. The number of aromatic nitrogens is 1. The number of nitrogens with one attached hydrogen (secondary N) is 2. The number of piperidine rings is 1. The van der Waals surface area contributed by atoms with Gasteiger partial charge in [0.15, 0.2) is 0 Å². The number of anilines is 1. The molecule has 2 aliphatic rings. The fourth-order valence-electron chi connectivity index (χ4n) is 4.32. The lowest BCUT2D eigenvalue weighted by Gasteiger charge is -2.46. The maximum absolute atomic E-state index is 13.3. The van der Waals surface area contributed by atoms with Gasteiger partial charge < -0.3 is 15.5 Å². The average molecular weight is 422 g/mol. The van der Waals surface area contributed by atoms with E-state index in [1.54, 1.807) is 24.5 Å². The van der Waals surface area contributed by atoms with Crippen LogP contribution in [-0.2, 0) is 16.1 Å². The molecule has 1 aromatic heterocycles. The van der Waals surface area contributed by atoms with Gasteiger partial charge in [-0.2, -0.15) is 0 Å². The fourth-order valence-corrected chi connectivity index (χ4v) is 4.32. The van der Waals surface area contributed by atoms with Crippen molar-refractivity contribution in [2.45, 2.75) is 45.3 Å². The zero-order valence-corrected chi connectivity index (χ0v) is 17.8. The van der Waals surface area contributed by atoms with Gasteiger partial charge in [0.05, 0.1) is 12.6 Å². The average Bonchev–Trinajstić information content (AvgIpc) is 2.77. The van der Waals surface area contributed by atoms with E-state index in [1.807, 2.05) is 32.0 Å². The summed E-state index contributed by atoms with van der Waals surface area (Å²) in [5.41, 5.74) is 3.61. The van der Waals surface area contributed by atoms with Crippen molar-refractivity contribution in [2.24, 2.45) is 0 Å². The van der Waals surface area contributed by atoms with Gasteiger partial charge in [0.1, 0.15) is 12.6 Å². The van der Waals surface area contributed by atoms with Crippen LogP contribution in [0.5, 0.6) is 0 Å². The van der Waals surface area contributed by atoms with E-state index in [0.717, 1.165) is 28.8 Å². The number of benzene rings is 1. The number of rotatable bonds is 5. The Balaban J connectivity index is 1.54. The highest BCUT2D eigenvalue weighted by Crippen LogP contribution is 2.26. The van der Waals surface area contributed by atoms with Gasteiger partial charge in [0.25, 0.3) is 0 Å². The van der Waals surface area contributed by atoms with E-state index in [2.05, 4.69) is 15.6 Å². The summed E-state index contributed by atoms with van der Waals surface area (Å²) in [6, 6.07) is 8.10. The van der Waals surface area contributed by atoms with Crippen LogP contribution in [0.25, 0.3) is 0 Å². The van der Waals surface area contributed by atoms with Crippen molar-refractivity contribution >= 4 is 23.5 Å². The topological polar surface area (TPSA) is 94.6 Å². The molecule has 0 saturated carbocycles. The lowest BCUT2D eigenvalue weighted by molar-refractivity contribution is -0.138. The minimum absolute atomic E-state index is 0.102. The Morgan fingerprint density at radius 2 is 1.97 bits per heavy atom. The van der Waals surface area contributed by atoms with Crippen LogP contribution < -0.4 is 10.6 Å². The van der Waals surface area contributed by atoms with Gasteiger partial charge in [-0.05, 0) is 62.6 Å². The molecule has 1 aromatic carbocycles. The zero-order valence-electron chi connectivity index (χ0n) is 17.8. The number of fused-ring (bicyclic) bond motifs is 1. The summed E-state index contributed by atoms with van der Waals surface area (Å²) >= 11 is 0. The van der Waals surface area contributed by atoms with Crippen LogP contribution in [0.2, 0.25) is 0 Å². The zero-order chi connectivity index (χ0) is 22.0. The molecular weight excluding hydrogens is 394 g/mol. The quantitative estimate of drug-likeness (QED) is 0.772. The van der Waals surface area contributed by atoms with E-state index < -0.39 is 12.1 Å². The Kier molecular flexibility index (Phi) is 5.99. The molecule has 3 heterocycles. The molecule has 8 nitrogen and oxygen atoms in total. The van der Waals surface area contributed by atoms with Gasteiger partial charge >= 0.3 is 6.03 Å².